The zero-order valence-electron chi connectivity index (χ0n) is 12.8. The highest BCUT2D eigenvalue weighted by molar-refractivity contribution is 7.26. The highest BCUT2D eigenvalue weighted by Crippen LogP contribution is 2.36. The number of aromatic nitrogens is 2. The fraction of sp³-hybridized carbons (Fsp3) is 0.222. The summed E-state index contributed by atoms with van der Waals surface area (Å²) < 4.78 is 4.09. The minimum Gasteiger partial charge on any atom is -0.267 e. The first-order valence-corrected chi connectivity index (χ1v) is 8.11. The second-order valence-electron chi connectivity index (χ2n) is 6.58. The first-order chi connectivity index (χ1) is 10.4. The first kappa shape index (κ1) is 13.5. The number of benzene rings is 1. The van der Waals surface area contributed by atoms with Gasteiger partial charge in [-0.3, -0.25) is 4.40 Å². The Bertz CT molecular complexity index is 1080. The lowest BCUT2D eigenvalue weighted by molar-refractivity contribution is 0.564. The monoisotopic (exact) mass is 308 g/mol. The summed E-state index contributed by atoms with van der Waals surface area (Å²) >= 11 is 1.76. The molecule has 3 heterocycles. The summed E-state index contributed by atoms with van der Waals surface area (Å²) in [4.78, 5) is 16.7. The molecule has 0 atom stereocenters. The number of pyridine rings is 1. The Labute approximate surface area is 131 Å². The summed E-state index contributed by atoms with van der Waals surface area (Å²) in [6, 6.07) is 12.4. The Morgan fingerprint density at radius 2 is 1.86 bits per heavy atom. The average Bonchev–Trinajstić information content (AvgIpc) is 2.84. The molecule has 3 aromatic heterocycles. The Balaban J connectivity index is 2.27. The molecule has 0 fully saturated rings. The van der Waals surface area contributed by atoms with E-state index in [0.29, 0.717) is 0 Å². The van der Waals surface area contributed by atoms with Gasteiger partial charge in [0.25, 0.3) is 0 Å². The molecule has 0 aliphatic heterocycles. The Hall–Kier alpha value is -2.20. The van der Waals surface area contributed by atoms with E-state index in [1.807, 2.05) is 24.4 Å². The van der Waals surface area contributed by atoms with Crippen LogP contribution < -0.4 is 5.69 Å². The highest BCUT2D eigenvalue weighted by atomic mass is 32.1. The minimum absolute atomic E-state index is 0.151. The molecule has 4 rings (SSSR count). The van der Waals surface area contributed by atoms with E-state index in [1.165, 1.54) is 14.8 Å². The molecule has 0 bridgehead atoms. The van der Waals surface area contributed by atoms with Gasteiger partial charge in [0, 0.05) is 31.8 Å². The SMILES string of the molecule is CC(C)(C)c1cc2c3c(ccn2c(=O)n1)sc1ccccc13. The van der Waals surface area contributed by atoms with Crippen LogP contribution >= 0.6 is 11.3 Å². The third kappa shape index (κ3) is 1.87. The molecular formula is C18H16N2OS. The van der Waals surface area contributed by atoms with Crippen molar-refractivity contribution in [3.63, 3.8) is 0 Å². The molecule has 0 spiro atoms. The van der Waals surface area contributed by atoms with Crippen molar-refractivity contribution < 1.29 is 0 Å². The number of nitrogens with zero attached hydrogens (tertiary/aromatic N) is 2. The van der Waals surface area contributed by atoms with Gasteiger partial charge in [-0.05, 0) is 18.2 Å². The molecule has 0 aliphatic rings. The summed E-state index contributed by atoms with van der Waals surface area (Å²) in [6.07, 6.45) is 1.83. The average molecular weight is 308 g/mol. The maximum absolute atomic E-state index is 12.4. The van der Waals surface area contributed by atoms with Crippen molar-refractivity contribution in [2.45, 2.75) is 26.2 Å². The lowest BCUT2D eigenvalue weighted by atomic mass is 9.91. The van der Waals surface area contributed by atoms with Gasteiger partial charge in [0.2, 0.25) is 0 Å². The summed E-state index contributed by atoms with van der Waals surface area (Å²) in [5, 5.41) is 2.35. The molecule has 1 aromatic carbocycles. The Morgan fingerprint density at radius 3 is 2.64 bits per heavy atom. The van der Waals surface area contributed by atoms with Crippen molar-refractivity contribution >= 4 is 37.0 Å². The second kappa shape index (κ2) is 4.40. The smallest absolute Gasteiger partial charge is 0.267 e. The fourth-order valence-corrected chi connectivity index (χ4v) is 3.91. The zero-order chi connectivity index (χ0) is 15.5. The molecule has 0 radical (unpaired) electrons. The van der Waals surface area contributed by atoms with Crippen molar-refractivity contribution in [1.82, 2.24) is 9.38 Å². The van der Waals surface area contributed by atoms with E-state index in [-0.39, 0.29) is 11.1 Å². The number of hydrogen-bond donors (Lipinski definition) is 0. The summed E-state index contributed by atoms with van der Waals surface area (Å²) in [7, 11) is 0. The van der Waals surface area contributed by atoms with Crippen LogP contribution in [0.2, 0.25) is 0 Å². The highest BCUT2D eigenvalue weighted by Gasteiger charge is 2.19. The van der Waals surface area contributed by atoms with Crippen molar-refractivity contribution in [2.24, 2.45) is 0 Å². The van der Waals surface area contributed by atoms with Crippen LogP contribution in [-0.2, 0) is 5.41 Å². The van der Waals surface area contributed by atoms with Crippen LogP contribution in [0.4, 0.5) is 0 Å². The van der Waals surface area contributed by atoms with Gasteiger partial charge in [0.05, 0.1) is 11.2 Å². The molecule has 22 heavy (non-hydrogen) atoms. The fourth-order valence-electron chi connectivity index (χ4n) is 2.80. The summed E-state index contributed by atoms with van der Waals surface area (Å²) in [5.74, 6) is 0. The third-order valence-corrected chi connectivity index (χ3v) is 5.11. The van der Waals surface area contributed by atoms with E-state index in [1.54, 1.807) is 15.7 Å². The van der Waals surface area contributed by atoms with E-state index >= 15 is 0 Å². The number of fused-ring (bicyclic) bond motifs is 5. The topological polar surface area (TPSA) is 34.4 Å². The predicted molar refractivity (Wildman–Crippen MR) is 93.1 cm³/mol. The van der Waals surface area contributed by atoms with Crippen molar-refractivity contribution in [3.05, 3.63) is 58.8 Å². The first-order valence-electron chi connectivity index (χ1n) is 7.29. The van der Waals surface area contributed by atoms with Crippen LogP contribution in [0.5, 0.6) is 0 Å². The Morgan fingerprint density at radius 1 is 1.09 bits per heavy atom. The Kier molecular flexibility index (Phi) is 2.69. The van der Waals surface area contributed by atoms with E-state index in [2.05, 4.69) is 44.0 Å². The molecule has 4 aromatic rings. The maximum atomic E-state index is 12.4. The molecule has 4 heteroatoms. The predicted octanol–water partition coefficient (Wildman–Crippen LogP) is 4.36. The molecule has 3 nitrogen and oxygen atoms in total. The van der Waals surface area contributed by atoms with Crippen LogP contribution in [0.1, 0.15) is 26.5 Å². The van der Waals surface area contributed by atoms with Crippen molar-refractivity contribution in [3.8, 4) is 0 Å². The number of hydrogen-bond acceptors (Lipinski definition) is 3. The molecule has 0 aliphatic carbocycles. The normalized spacial score (nSPS) is 12.5. The molecule has 0 saturated heterocycles. The summed E-state index contributed by atoms with van der Waals surface area (Å²) in [6.45, 7) is 6.24. The molecule has 0 N–H and O–H groups in total. The van der Waals surface area contributed by atoms with E-state index in [4.69, 9.17) is 0 Å². The lowest BCUT2D eigenvalue weighted by Gasteiger charge is -2.17. The lowest BCUT2D eigenvalue weighted by Crippen LogP contribution is -2.24. The van der Waals surface area contributed by atoms with Gasteiger partial charge in [-0.1, -0.05) is 39.0 Å². The van der Waals surface area contributed by atoms with Gasteiger partial charge in [0.1, 0.15) is 0 Å². The van der Waals surface area contributed by atoms with Crippen molar-refractivity contribution in [2.75, 3.05) is 0 Å². The van der Waals surface area contributed by atoms with Gasteiger partial charge in [-0.2, -0.15) is 4.98 Å². The van der Waals surface area contributed by atoms with E-state index < -0.39 is 0 Å². The van der Waals surface area contributed by atoms with Gasteiger partial charge in [-0.25, -0.2) is 4.79 Å². The second-order valence-corrected chi connectivity index (χ2v) is 7.67. The summed E-state index contributed by atoms with van der Waals surface area (Å²) in [5.41, 5.74) is 1.42. The van der Waals surface area contributed by atoms with Gasteiger partial charge >= 0.3 is 5.69 Å². The standard InChI is InChI=1S/C18H16N2OS/c1-18(2,3)15-10-12-16-11-6-4-5-7-13(11)22-14(16)8-9-20(12)17(21)19-15/h4-10H,1-3H3. The molecule has 0 unspecified atom stereocenters. The van der Waals surface area contributed by atoms with Crippen LogP contribution in [-0.4, -0.2) is 9.38 Å². The molecule has 0 saturated carbocycles. The zero-order valence-corrected chi connectivity index (χ0v) is 13.6. The van der Waals surface area contributed by atoms with Gasteiger partial charge in [0.15, 0.2) is 0 Å². The van der Waals surface area contributed by atoms with Crippen LogP contribution in [0.25, 0.3) is 25.7 Å². The van der Waals surface area contributed by atoms with Crippen LogP contribution in [0, 0.1) is 0 Å². The molecule has 110 valence electrons. The number of thiophene rings is 1. The quantitative estimate of drug-likeness (QED) is 0.484. The third-order valence-electron chi connectivity index (χ3n) is 3.98. The molecular weight excluding hydrogens is 292 g/mol. The largest absolute Gasteiger partial charge is 0.352 e. The van der Waals surface area contributed by atoms with E-state index in [0.717, 1.165) is 16.6 Å². The maximum Gasteiger partial charge on any atom is 0.352 e. The van der Waals surface area contributed by atoms with E-state index in [9.17, 15) is 4.79 Å². The van der Waals surface area contributed by atoms with Crippen molar-refractivity contribution in [1.29, 1.82) is 0 Å². The van der Waals surface area contributed by atoms with Crippen LogP contribution in [0.3, 0.4) is 0 Å². The number of rotatable bonds is 0. The molecule has 0 amide bonds. The minimum atomic E-state index is -0.209. The van der Waals surface area contributed by atoms with Gasteiger partial charge < -0.3 is 0 Å². The van der Waals surface area contributed by atoms with Gasteiger partial charge in [-0.15, -0.1) is 11.3 Å². The van der Waals surface area contributed by atoms with Crippen LogP contribution in [0.15, 0.2) is 47.4 Å².